The van der Waals surface area contributed by atoms with Crippen molar-refractivity contribution in [1.82, 2.24) is 4.90 Å². The van der Waals surface area contributed by atoms with Crippen molar-refractivity contribution in [3.05, 3.63) is 71.8 Å². The van der Waals surface area contributed by atoms with Crippen LogP contribution in [0.5, 0.6) is 0 Å². The number of benzene rings is 2. The monoisotopic (exact) mass is 337 g/mol. The summed E-state index contributed by atoms with van der Waals surface area (Å²) < 4.78 is 0. The zero-order chi connectivity index (χ0) is 17.9. The van der Waals surface area contributed by atoms with Crippen LogP contribution in [0.3, 0.4) is 0 Å². The van der Waals surface area contributed by atoms with Gasteiger partial charge in [0, 0.05) is 19.0 Å². The highest BCUT2D eigenvalue weighted by Gasteiger charge is 2.41. The van der Waals surface area contributed by atoms with E-state index >= 15 is 0 Å². The fraction of sp³-hybridized carbons (Fsp3) is 0.333. The molecule has 1 aliphatic carbocycles. The minimum atomic E-state index is -1.22. The van der Waals surface area contributed by atoms with E-state index in [0.717, 1.165) is 18.4 Å². The van der Waals surface area contributed by atoms with Crippen LogP contribution in [0.1, 0.15) is 37.3 Å². The number of carbonyl (C=O) groups is 2. The highest BCUT2D eigenvalue weighted by Crippen LogP contribution is 2.33. The molecule has 0 aliphatic heterocycles. The maximum atomic E-state index is 13.0. The number of hydrogen-bond acceptors (Lipinski definition) is 2. The zero-order valence-electron chi connectivity index (χ0n) is 14.4. The van der Waals surface area contributed by atoms with E-state index < -0.39 is 11.4 Å². The molecule has 4 heteroatoms. The van der Waals surface area contributed by atoms with Crippen LogP contribution >= 0.6 is 0 Å². The predicted molar refractivity (Wildman–Crippen MR) is 96.1 cm³/mol. The fourth-order valence-corrected chi connectivity index (χ4v) is 3.10. The van der Waals surface area contributed by atoms with Crippen LogP contribution in [0.4, 0.5) is 0 Å². The Morgan fingerprint density at radius 2 is 1.60 bits per heavy atom. The molecule has 25 heavy (non-hydrogen) atoms. The van der Waals surface area contributed by atoms with E-state index in [1.807, 2.05) is 53.4 Å². The minimum Gasteiger partial charge on any atom is -0.481 e. The van der Waals surface area contributed by atoms with Gasteiger partial charge in [-0.2, -0.15) is 0 Å². The maximum Gasteiger partial charge on any atom is 0.314 e. The van der Waals surface area contributed by atoms with E-state index in [1.54, 1.807) is 19.1 Å². The first-order valence-electron chi connectivity index (χ1n) is 8.63. The number of carboxylic acid groups (broad SMARTS) is 1. The van der Waals surface area contributed by atoms with Crippen molar-refractivity contribution in [2.45, 2.75) is 44.2 Å². The molecule has 0 aromatic heterocycles. The molecule has 1 unspecified atom stereocenters. The first-order valence-corrected chi connectivity index (χ1v) is 8.63. The Labute approximate surface area is 148 Å². The molecule has 2 aromatic carbocycles. The number of hydrogen-bond donors (Lipinski definition) is 1. The average molecular weight is 337 g/mol. The van der Waals surface area contributed by atoms with Crippen molar-refractivity contribution >= 4 is 11.9 Å². The molecule has 1 aliphatic rings. The molecule has 1 saturated carbocycles. The van der Waals surface area contributed by atoms with Crippen molar-refractivity contribution < 1.29 is 14.7 Å². The molecule has 1 atom stereocenters. The lowest BCUT2D eigenvalue weighted by molar-refractivity contribution is -0.148. The van der Waals surface area contributed by atoms with E-state index in [1.165, 1.54) is 0 Å². The van der Waals surface area contributed by atoms with Gasteiger partial charge in [0.15, 0.2) is 0 Å². The molecule has 0 radical (unpaired) electrons. The topological polar surface area (TPSA) is 57.6 Å². The average Bonchev–Trinajstić information content (AvgIpc) is 3.46. The lowest BCUT2D eigenvalue weighted by atomic mass is 9.79. The van der Waals surface area contributed by atoms with Crippen LogP contribution in [-0.2, 0) is 21.5 Å². The summed E-state index contributed by atoms with van der Waals surface area (Å²) in [6.07, 6.45) is 1.96. The minimum absolute atomic E-state index is 0.0321. The second-order valence-corrected chi connectivity index (χ2v) is 6.92. The Bertz CT molecular complexity index is 740. The first kappa shape index (κ1) is 17.2. The third-order valence-corrected chi connectivity index (χ3v) is 4.89. The highest BCUT2D eigenvalue weighted by atomic mass is 16.4. The van der Waals surface area contributed by atoms with Crippen LogP contribution in [0.2, 0.25) is 0 Å². The molecule has 130 valence electrons. The van der Waals surface area contributed by atoms with E-state index in [9.17, 15) is 14.7 Å². The predicted octanol–water partition coefficient (Wildman–Crippen LogP) is 3.61. The summed E-state index contributed by atoms with van der Waals surface area (Å²) in [6, 6.07) is 19.1. The Hall–Kier alpha value is -2.62. The summed E-state index contributed by atoms with van der Waals surface area (Å²) >= 11 is 0. The van der Waals surface area contributed by atoms with Crippen LogP contribution < -0.4 is 0 Å². The summed E-state index contributed by atoms with van der Waals surface area (Å²) in [5, 5.41) is 9.79. The molecule has 0 saturated heterocycles. The SMILES string of the molecule is CC(CC(=O)N(Cc1ccccc1)C1CC1)(C(=O)O)c1ccccc1. The first-order chi connectivity index (χ1) is 12.0. The normalized spacial score (nSPS) is 16.0. The van der Waals surface area contributed by atoms with Gasteiger partial charge in [-0.25, -0.2) is 0 Å². The third kappa shape index (κ3) is 3.90. The second-order valence-electron chi connectivity index (χ2n) is 6.92. The maximum absolute atomic E-state index is 13.0. The standard InChI is InChI=1S/C21H23NO3/c1-21(20(24)25,17-10-6-3-7-11-17)14-19(23)22(18-12-13-18)15-16-8-4-2-5-9-16/h2-11,18H,12-15H2,1H3,(H,24,25). The molecule has 3 rings (SSSR count). The van der Waals surface area contributed by atoms with Gasteiger partial charge in [-0.1, -0.05) is 60.7 Å². The van der Waals surface area contributed by atoms with Crippen molar-refractivity contribution in [1.29, 1.82) is 0 Å². The Balaban J connectivity index is 1.81. The van der Waals surface area contributed by atoms with Gasteiger partial charge in [-0.05, 0) is 30.9 Å². The Kier molecular flexibility index (Phi) is 4.88. The molecular weight excluding hydrogens is 314 g/mol. The van der Waals surface area contributed by atoms with Gasteiger partial charge in [0.05, 0.1) is 5.41 Å². The van der Waals surface area contributed by atoms with E-state index in [0.29, 0.717) is 12.1 Å². The number of nitrogens with zero attached hydrogens (tertiary/aromatic N) is 1. The third-order valence-electron chi connectivity index (χ3n) is 4.89. The Morgan fingerprint density at radius 3 is 2.12 bits per heavy atom. The molecule has 1 fully saturated rings. The number of rotatable bonds is 7. The number of amides is 1. The largest absolute Gasteiger partial charge is 0.481 e. The molecule has 2 aromatic rings. The summed E-state index contributed by atoms with van der Waals surface area (Å²) in [4.78, 5) is 26.8. The molecule has 0 spiro atoms. The number of carboxylic acids is 1. The van der Waals surface area contributed by atoms with Gasteiger partial charge in [-0.3, -0.25) is 9.59 Å². The van der Waals surface area contributed by atoms with Gasteiger partial charge < -0.3 is 10.0 Å². The molecule has 1 N–H and O–H groups in total. The molecule has 1 amide bonds. The highest BCUT2D eigenvalue weighted by molar-refractivity contribution is 5.89. The van der Waals surface area contributed by atoms with Gasteiger partial charge in [0.25, 0.3) is 0 Å². The van der Waals surface area contributed by atoms with Crippen molar-refractivity contribution in [2.75, 3.05) is 0 Å². The van der Waals surface area contributed by atoms with Crippen LogP contribution in [0.25, 0.3) is 0 Å². The van der Waals surface area contributed by atoms with Gasteiger partial charge in [0.1, 0.15) is 0 Å². The molecule has 0 heterocycles. The molecule has 0 bridgehead atoms. The lowest BCUT2D eigenvalue weighted by Gasteiger charge is -2.29. The Morgan fingerprint density at radius 1 is 1.04 bits per heavy atom. The zero-order valence-corrected chi connectivity index (χ0v) is 14.4. The van der Waals surface area contributed by atoms with Crippen LogP contribution in [0.15, 0.2) is 60.7 Å². The lowest BCUT2D eigenvalue weighted by Crippen LogP contribution is -2.41. The summed E-state index contributed by atoms with van der Waals surface area (Å²) in [5.74, 6) is -1.07. The van der Waals surface area contributed by atoms with Crippen molar-refractivity contribution in [3.63, 3.8) is 0 Å². The number of aliphatic carboxylic acids is 1. The molecular formula is C21H23NO3. The van der Waals surface area contributed by atoms with E-state index in [4.69, 9.17) is 0 Å². The van der Waals surface area contributed by atoms with E-state index in [-0.39, 0.29) is 18.4 Å². The quantitative estimate of drug-likeness (QED) is 0.840. The van der Waals surface area contributed by atoms with Gasteiger partial charge in [-0.15, -0.1) is 0 Å². The molecule has 4 nitrogen and oxygen atoms in total. The fourth-order valence-electron chi connectivity index (χ4n) is 3.10. The number of carbonyl (C=O) groups excluding carboxylic acids is 1. The second kappa shape index (κ2) is 7.09. The van der Waals surface area contributed by atoms with Crippen LogP contribution in [0, 0.1) is 0 Å². The summed E-state index contributed by atoms with van der Waals surface area (Å²) in [5.41, 5.74) is 0.508. The van der Waals surface area contributed by atoms with Crippen LogP contribution in [-0.4, -0.2) is 27.9 Å². The summed E-state index contributed by atoms with van der Waals surface area (Å²) in [7, 11) is 0. The van der Waals surface area contributed by atoms with Crippen molar-refractivity contribution in [2.24, 2.45) is 0 Å². The van der Waals surface area contributed by atoms with Gasteiger partial charge >= 0.3 is 5.97 Å². The summed E-state index contributed by atoms with van der Waals surface area (Å²) in [6.45, 7) is 2.17. The van der Waals surface area contributed by atoms with Crippen molar-refractivity contribution in [3.8, 4) is 0 Å². The van der Waals surface area contributed by atoms with Gasteiger partial charge in [0.2, 0.25) is 5.91 Å². The van der Waals surface area contributed by atoms with E-state index in [2.05, 4.69) is 0 Å². The smallest absolute Gasteiger partial charge is 0.314 e.